The van der Waals surface area contributed by atoms with Crippen LogP contribution < -0.4 is 11.1 Å². The molecule has 0 fully saturated rings. The molecule has 0 heterocycles. The number of anilines is 1. The van der Waals surface area contributed by atoms with Crippen LogP contribution in [0.2, 0.25) is 0 Å². The normalized spacial score (nSPS) is 11.7. The van der Waals surface area contributed by atoms with Crippen LogP contribution >= 0.6 is 0 Å². The topological polar surface area (TPSA) is 64.3 Å². The summed E-state index contributed by atoms with van der Waals surface area (Å²) >= 11 is 0. The van der Waals surface area contributed by atoms with Gasteiger partial charge < -0.3 is 15.8 Å². The van der Waals surface area contributed by atoms with E-state index in [0.29, 0.717) is 13.0 Å². The molecule has 0 aromatic heterocycles. The van der Waals surface area contributed by atoms with Crippen molar-refractivity contribution in [2.24, 2.45) is 0 Å². The summed E-state index contributed by atoms with van der Waals surface area (Å²) in [7, 11) is 0. The number of halogens is 2. The summed E-state index contributed by atoms with van der Waals surface area (Å²) in [6.07, 6.45) is 3.16. The minimum absolute atomic E-state index is 0.104. The molecule has 0 spiro atoms. The van der Waals surface area contributed by atoms with Crippen LogP contribution in [0.3, 0.4) is 0 Å². The van der Waals surface area contributed by atoms with Crippen LogP contribution in [-0.2, 0) is 4.74 Å². The van der Waals surface area contributed by atoms with E-state index in [4.69, 9.17) is 10.5 Å². The number of carbonyl (C=O) groups is 1. The van der Waals surface area contributed by atoms with Gasteiger partial charge in [0.2, 0.25) is 0 Å². The van der Waals surface area contributed by atoms with E-state index in [-0.39, 0.29) is 11.3 Å². The first kappa shape index (κ1) is 16.9. The van der Waals surface area contributed by atoms with Crippen molar-refractivity contribution in [3.8, 4) is 0 Å². The molecule has 0 bridgehead atoms. The molecule has 1 amide bonds. The monoisotopic (exact) mass is 298 g/mol. The summed E-state index contributed by atoms with van der Waals surface area (Å²) in [5, 5.41) is 2.57. The Morgan fingerprint density at radius 1 is 1.38 bits per heavy atom. The van der Waals surface area contributed by atoms with Crippen LogP contribution in [0, 0.1) is 11.6 Å². The number of alkyl carbamates (subject to hydrolysis) is 1. The molecule has 1 aromatic rings. The molecule has 0 atom stereocenters. The Balaban J connectivity index is 2.45. The van der Waals surface area contributed by atoms with Crippen LogP contribution in [0.15, 0.2) is 18.2 Å². The van der Waals surface area contributed by atoms with Gasteiger partial charge in [-0.1, -0.05) is 12.2 Å². The molecule has 0 aliphatic heterocycles. The van der Waals surface area contributed by atoms with Crippen molar-refractivity contribution in [3.05, 3.63) is 35.4 Å². The first-order valence-corrected chi connectivity index (χ1v) is 6.57. The van der Waals surface area contributed by atoms with Gasteiger partial charge >= 0.3 is 6.09 Å². The lowest BCUT2D eigenvalue weighted by Crippen LogP contribution is -2.32. The standard InChI is InChI=1S/C15H20F2N2O2/c1-15(2,3)21-14(20)19-7-5-4-6-10-8-11(16)9-12(17)13(10)18/h4,6,8-9H,5,7,18H2,1-3H3,(H,19,20). The first-order chi connectivity index (χ1) is 9.69. The largest absolute Gasteiger partial charge is 0.444 e. The number of nitrogens with one attached hydrogen (secondary N) is 1. The highest BCUT2D eigenvalue weighted by molar-refractivity contribution is 5.68. The van der Waals surface area contributed by atoms with E-state index < -0.39 is 23.3 Å². The van der Waals surface area contributed by atoms with Crippen LogP contribution in [0.1, 0.15) is 32.8 Å². The summed E-state index contributed by atoms with van der Waals surface area (Å²) in [6.45, 7) is 5.67. The molecule has 1 rings (SSSR count). The van der Waals surface area contributed by atoms with Crippen molar-refractivity contribution in [2.45, 2.75) is 32.8 Å². The molecule has 0 aliphatic carbocycles. The number of amides is 1. The van der Waals surface area contributed by atoms with Gasteiger partial charge in [-0.15, -0.1) is 0 Å². The second-order valence-corrected chi connectivity index (χ2v) is 5.51. The third-order valence-electron chi connectivity index (χ3n) is 2.40. The van der Waals surface area contributed by atoms with E-state index in [1.165, 1.54) is 6.08 Å². The fraction of sp³-hybridized carbons (Fsp3) is 0.400. The molecule has 116 valence electrons. The number of nitrogens with two attached hydrogens (primary N) is 1. The Kier molecular flexibility index (Phi) is 5.69. The van der Waals surface area contributed by atoms with Crippen LogP contribution in [-0.4, -0.2) is 18.2 Å². The van der Waals surface area contributed by atoms with Crippen LogP contribution in [0.25, 0.3) is 6.08 Å². The van der Waals surface area contributed by atoms with Crippen molar-refractivity contribution in [3.63, 3.8) is 0 Å². The number of hydrogen-bond acceptors (Lipinski definition) is 3. The minimum atomic E-state index is -0.790. The molecule has 3 N–H and O–H groups in total. The van der Waals surface area contributed by atoms with E-state index in [1.807, 2.05) is 0 Å². The van der Waals surface area contributed by atoms with Crippen molar-refractivity contribution < 1.29 is 18.3 Å². The third kappa shape index (κ3) is 6.25. The number of rotatable bonds is 4. The SMILES string of the molecule is CC(C)(C)OC(=O)NCCC=Cc1cc(F)cc(F)c1N. The number of hydrogen-bond donors (Lipinski definition) is 2. The summed E-state index contributed by atoms with van der Waals surface area (Å²) in [6, 6.07) is 1.88. The average Bonchev–Trinajstić information content (AvgIpc) is 2.32. The van der Waals surface area contributed by atoms with Gasteiger partial charge in [0.25, 0.3) is 0 Å². The van der Waals surface area contributed by atoms with Gasteiger partial charge in [0.15, 0.2) is 0 Å². The Morgan fingerprint density at radius 2 is 2.05 bits per heavy atom. The van der Waals surface area contributed by atoms with Gasteiger partial charge in [-0.05, 0) is 33.3 Å². The maximum absolute atomic E-state index is 13.2. The summed E-state index contributed by atoms with van der Waals surface area (Å²) < 4.78 is 31.3. The van der Waals surface area contributed by atoms with Gasteiger partial charge in [-0.25, -0.2) is 13.6 Å². The molecule has 1 aromatic carbocycles. The highest BCUT2D eigenvalue weighted by atomic mass is 19.1. The quantitative estimate of drug-likeness (QED) is 0.661. The number of ether oxygens (including phenoxy) is 1. The Labute approximate surface area is 123 Å². The van der Waals surface area contributed by atoms with Crippen molar-refractivity contribution in [1.29, 1.82) is 0 Å². The average molecular weight is 298 g/mol. The fourth-order valence-electron chi connectivity index (χ4n) is 1.52. The molecule has 0 saturated heterocycles. The molecule has 4 nitrogen and oxygen atoms in total. The van der Waals surface area contributed by atoms with Crippen LogP contribution in [0.4, 0.5) is 19.3 Å². The Morgan fingerprint density at radius 3 is 2.67 bits per heavy atom. The second-order valence-electron chi connectivity index (χ2n) is 5.51. The zero-order valence-corrected chi connectivity index (χ0v) is 12.4. The fourth-order valence-corrected chi connectivity index (χ4v) is 1.52. The van der Waals surface area contributed by atoms with Gasteiger partial charge in [0.1, 0.15) is 17.2 Å². The molecule has 0 saturated carbocycles. The summed E-state index contributed by atoms with van der Waals surface area (Å²) in [5.74, 6) is -1.48. The molecule has 0 aliphatic rings. The number of carbonyl (C=O) groups excluding carboxylic acids is 1. The van der Waals surface area contributed by atoms with Gasteiger partial charge in [-0.2, -0.15) is 0 Å². The lowest BCUT2D eigenvalue weighted by atomic mass is 10.1. The van der Waals surface area contributed by atoms with E-state index in [9.17, 15) is 13.6 Å². The van der Waals surface area contributed by atoms with E-state index in [2.05, 4.69) is 5.32 Å². The highest BCUT2D eigenvalue weighted by Crippen LogP contribution is 2.19. The molecule has 0 radical (unpaired) electrons. The van der Waals surface area contributed by atoms with Crippen molar-refractivity contribution >= 4 is 17.9 Å². The van der Waals surface area contributed by atoms with E-state index in [0.717, 1.165) is 12.1 Å². The smallest absolute Gasteiger partial charge is 0.407 e. The van der Waals surface area contributed by atoms with Gasteiger partial charge in [-0.3, -0.25) is 0 Å². The maximum Gasteiger partial charge on any atom is 0.407 e. The molecular formula is C15H20F2N2O2. The summed E-state index contributed by atoms with van der Waals surface area (Å²) in [4.78, 5) is 11.4. The van der Waals surface area contributed by atoms with Gasteiger partial charge in [0.05, 0.1) is 5.69 Å². The molecular weight excluding hydrogens is 278 g/mol. The number of nitrogen functional groups attached to an aromatic ring is 1. The zero-order chi connectivity index (χ0) is 16.0. The maximum atomic E-state index is 13.2. The molecule has 21 heavy (non-hydrogen) atoms. The minimum Gasteiger partial charge on any atom is -0.444 e. The Hall–Kier alpha value is -2.11. The predicted octanol–water partition coefficient (Wildman–Crippen LogP) is 3.48. The Bertz CT molecular complexity index is 537. The molecule has 0 unspecified atom stereocenters. The van der Waals surface area contributed by atoms with Crippen molar-refractivity contribution in [2.75, 3.05) is 12.3 Å². The third-order valence-corrected chi connectivity index (χ3v) is 2.40. The van der Waals surface area contributed by atoms with Crippen molar-refractivity contribution in [1.82, 2.24) is 5.32 Å². The lowest BCUT2D eigenvalue weighted by molar-refractivity contribution is 0.0529. The van der Waals surface area contributed by atoms with Crippen LogP contribution in [0.5, 0.6) is 0 Å². The predicted molar refractivity (Wildman–Crippen MR) is 78.7 cm³/mol. The summed E-state index contributed by atoms with van der Waals surface area (Å²) in [5.41, 5.74) is 5.12. The second kappa shape index (κ2) is 7.06. The van der Waals surface area contributed by atoms with Gasteiger partial charge in [0, 0.05) is 18.2 Å². The lowest BCUT2D eigenvalue weighted by Gasteiger charge is -2.19. The van der Waals surface area contributed by atoms with E-state index in [1.54, 1.807) is 26.8 Å². The molecule has 6 heteroatoms. The first-order valence-electron chi connectivity index (χ1n) is 6.57. The van der Waals surface area contributed by atoms with E-state index >= 15 is 0 Å². The number of benzene rings is 1. The highest BCUT2D eigenvalue weighted by Gasteiger charge is 2.15. The zero-order valence-electron chi connectivity index (χ0n) is 12.4.